The Bertz CT molecular complexity index is 1410. The predicted molar refractivity (Wildman–Crippen MR) is 137 cm³/mol. The number of aryl methyl sites for hydroxylation is 1. The molecule has 172 valence electrons. The number of benzene rings is 2. The van der Waals surface area contributed by atoms with Crippen LogP contribution in [0.5, 0.6) is 0 Å². The Morgan fingerprint density at radius 1 is 1.09 bits per heavy atom. The van der Waals surface area contributed by atoms with E-state index in [9.17, 15) is 4.79 Å². The molecule has 0 radical (unpaired) electrons. The summed E-state index contributed by atoms with van der Waals surface area (Å²) >= 11 is 14.2. The molecule has 2 aromatic heterocycles. The molecule has 34 heavy (non-hydrogen) atoms. The van der Waals surface area contributed by atoms with Gasteiger partial charge in [-0.05, 0) is 36.8 Å². The molecule has 0 aliphatic carbocycles. The van der Waals surface area contributed by atoms with Crippen molar-refractivity contribution in [2.75, 3.05) is 5.32 Å². The summed E-state index contributed by atoms with van der Waals surface area (Å²) in [5, 5.41) is 16.5. The maximum atomic E-state index is 12.5. The molecule has 2 N–H and O–H groups in total. The Morgan fingerprint density at radius 3 is 2.74 bits per heavy atom. The number of carbonyl (C=O) groups is 1. The highest BCUT2D eigenvalue weighted by Gasteiger charge is 2.26. The van der Waals surface area contributed by atoms with E-state index in [1.165, 1.54) is 4.88 Å². The monoisotopic (exact) mass is 510 g/mol. The van der Waals surface area contributed by atoms with Crippen molar-refractivity contribution in [3.8, 4) is 5.00 Å². The van der Waals surface area contributed by atoms with Gasteiger partial charge in [0.15, 0.2) is 11.6 Å². The first-order valence-corrected chi connectivity index (χ1v) is 12.3. The molecule has 2 aromatic carbocycles. The third kappa shape index (κ3) is 4.44. The van der Waals surface area contributed by atoms with Gasteiger partial charge >= 0.3 is 6.03 Å². The number of aromatic nitrogens is 3. The summed E-state index contributed by atoms with van der Waals surface area (Å²) in [6.45, 7) is 2.66. The van der Waals surface area contributed by atoms with Gasteiger partial charge in [0.25, 0.3) is 0 Å². The van der Waals surface area contributed by atoms with Crippen molar-refractivity contribution in [3.05, 3.63) is 92.3 Å². The molecule has 7 nitrogen and oxygen atoms in total. The summed E-state index contributed by atoms with van der Waals surface area (Å²) in [7, 11) is 0. The standard InChI is InChI=1S/C24H20Cl2N6OS/c1-2-16-11-18-22(17-8-3-4-9-19(17)26)27-12-20-30-31-21(32(20)23(18)34-16)13-28-24(33)29-15-7-5-6-14(25)10-15/h3-11H,2,12-13H2,1H3,(H2,28,29,33). The van der Waals surface area contributed by atoms with Crippen molar-refractivity contribution in [1.82, 2.24) is 20.1 Å². The molecular formula is C24H20Cl2N6OS. The van der Waals surface area contributed by atoms with Gasteiger partial charge in [0.1, 0.15) is 11.5 Å². The van der Waals surface area contributed by atoms with Crippen molar-refractivity contribution in [2.45, 2.75) is 26.4 Å². The third-order valence-electron chi connectivity index (χ3n) is 5.36. The fourth-order valence-electron chi connectivity index (χ4n) is 3.77. The van der Waals surface area contributed by atoms with Crippen LogP contribution in [-0.2, 0) is 19.5 Å². The first-order valence-electron chi connectivity index (χ1n) is 10.7. The molecule has 1 aliphatic heterocycles. The van der Waals surface area contributed by atoms with Gasteiger partial charge in [-0.15, -0.1) is 21.5 Å². The zero-order chi connectivity index (χ0) is 23.7. The van der Waals surface area contributed by atoms with Gasteiger partial charge in [-0.2, -0.15) is 0 Å². The van der Waals surface area contributed by atoms with E-state index in [0.29, 0.717) is 33.9 Å². The van der Waals surface area contributed by atoms with Crippen LogP contribution in [0.25, 0.3) is 5.00 Å². The summed E-state index contributed by atoms with van der Waals surface area (Å²) in [4.78, 5) is 18.5. The number of urea groups is 1. The highest BCUT2D eigenvalue weighted by molar-refractivity contribution is 7.15. The maximum Gasteiger partial charge on any atom is 0.319 e. The highest BCUT2D eigenvalue weighted by Crippen LogP contribution is 2.34. The van der Waals surface area contributed by atoms with Crippen molar-refractivity contribution in [2.24, 2.45) is 4.99 Å². The number of hydrogen-bond donors (Lipinski definition) is 2. The highest BCUT2D eigenvalue weighted by atomic mass is 35.5. The van der Waals surface area contributed by atoms with Gasteiger partial charge in [0, 0.05) is 31.7 Å². The smallest absolute Gasteiger partial charge is 0.319 e. The Hall–Kier alpha value is -3.20. The van der Waals surface area contributed by atoms with E-state index in [1.807, 2.05) is 28.8 Å². The SMILES string of the molecule is CCc1cc2c(s1)-n1c(nnc1CNC(=O)Nc1cccc(Cl)c1)CN=C2c1ccccc1Cl. The number of hydrogen-bond acceptors (Lipinski definition) is 5. The van der Waals surface area contributed by atoms with Gasteiger partial charge in [-0.25, -0.2) is 4.79 Å². The van der Waals surface area contributed by atoms with Crippen LogP contribution in [0.2, 0.25) is 10.0 Å². The number of fused-ring (bicyclic) bond motifs is 3. The molecule has 3 heterocycles. The largest absolute Gasteiger partial charge is 0.331 e. The zero-order valence-electron chi connectivity index (χ0n) is 18.2. The van der Waals surface area contributed by atoms with Crippen LogP contribution in [0.3, 0.4) is 0 Å². The Labute approximate surface area is 210 Å². The molecule has 0 saturated heterocycles. The lowest BCUT2D eigenvalue weighted by Crippen LogP contribution is -2.29. The normalized spacial score (nSPS) is 12.4. The molecule has 10 heteroatoms. The Balaban J connectivity index is 1.45. The van der Waals surface area contributed by atoms with E-state index in [-0.39, 0.29) is 12.6 Å². The van der Waals surface area contributed by atoms with Gasteiger partial charge in [-0.3, -0.25) is 9.56 Å². The minimum Gasteiger partial charge on any atom is -0.331 e. The second kappa shape index (κ2) is 9.58. The summed E-state index contributed by atoms with van der Waals surface area (Å²) in [6.07, 6.45) is 0.889. The second-order valence-corrected chi connectivity index (χ2v) is 9.57. The Kier molecular flexibility index (Phi) is 6.36. The third-order valence-corrected chi connectivity index (χ3v) is 7.19. The average Bonchev–Trinajstić information content (AvgIpc) is 3.39. The van der Waals surface area contributed by atoms with Gasteiger partial charge in [0.2, 0.25) is 0 Å². The van der Waals surface area contributed by atoms with E-state index in [0.717, 1.165) is 28.3 Å². The van der Waals surface area contributed by atoms with E-state index in [4.69, 9.17) is 28.2 Å². The number of carbonyl (C=O) groups excluding carboxylic acids is 1. The number of anilines is 1. The quantitative estimate of drug-likeness (QED) is 0.352. The number of nitrogens with zero attached hydrogens (tertiary/aromatic N) is 4. The molecule has 4 aromatic rings. The fraction of sp³-hybridized carbons (Fsp3) is 0.167. The van der Waals surface area contributed by atoms with Crippen molar-refractivity contribution >= 4 is 52.0 Å². The van der Waals surface area contributed by atoms with Crippen LogP contribution in [-0.4, -0.2) is 26.5 Å². The summed E-state index contributed by atoms with van der Waals surface area (Å²) < 4.78 is 1.99. The summed E-state index contributed by atoms with van der Waals surface area (Å²) in [5.41, 5.74) is 3.30. The number of nitrogens with one attached hydrogen (secondary N) is 2. The molecule has 0 bridgehead atoms. The molecular weight excluding hydrogens is 491 g/mol. The van der Waals surface area contributed by atoms with Crippen molar-refractivity contribution in [3.63, 3.8) is 0 Å². The molecule has 0 unspecified atom stereocenters. The minimum absolute atomic E-state index is 0.194. The van der Waals surface area contributed by atoms with Crippen molar-refractivity contribution in [1.29, 1.82) is 0 Å². The molecule has 5 rings (SSSR count). The first kappa shape index (κ1) is 22.6. The number of aliphatic imine (C=N–C) groups is 1. The second-order valence-electron chi connectivity index (χ2n) is 7.62. The summed E-state index contributed by atoms with van der Waals surface area (Å²) in [6, 6.07) is 16.5. The topological polar surface area (TPSA) is 84.2 Å². The Morgan fingerprint density at radius 2 is 1.94 bits per heavy atom. The lowest BCUT2D eigenvalue weighted by molar-refractivity contribution is 0.251. The molecule has 0 saturated carbocycles. The molecule has 0 fully saturated rings. The first-order chi connectivity index (χ1) is 16.5. The summed E-state index contributed by atoms with van der Waals surface area (Å²) in [5.74, 6) is 1.33. The van der Waals surface area contributed by atoms with E-state index in [1.54, 1.807) is 35.6 Å². The number of halogens is 2. The van der Waals surface area contributed by atoms with Crippen LogP contribution in [0, 0.1) is 0 Å². The lowest BCUT2D eigenvalue weighted by Gasteiger charge is -2.11. The van der Waals surface area contributed by atoms with E-state index >= 15 is 0 Å². The van der Waals surface area contributed by atoms with E-state index < -0.39 is 0 Å². The van der Waals surface area contributed by atoms with Crippen LogP contribution in [0.15, 0.2) is 59.6 Å². The lowest BCUT2D eigenvalue weighted by atomic mass is 10.0. The minimum atomic E-state index is -0.359. The fourth-order valence-corrected chi connectivity index (χ4v) is 5.32. The van der Waals surface area contributed by atoms with Crippen LogP contribution in [0.1, 0.15) is 34.6 Å². The number of amides is 2. The number of rotatable bonds is 5. The average molecular weight is 511 g/mol. The van der Waals surface area contributed by atoms with E-state index in [2.05, 4.69) is 33.8 Å². The zero-order valence-corrected chi connectivity index (χ0v) is 20.5. The molecule has 2 amide bonds. The van der Waals surface area contributed by atoms with Gasteiger partial charge in [0.05, 0.1) is 12.3 Å². The molecule has 1 aliphatic rings. The van der Waals surface area contributed by atoms with Gasteiger partial charge < -0.3 is 10.6 Å². The number of thiophene rings is 1. The predicted octanol–water partition coefficient (Wildman–Crippen LogP) is 5.87. The van der Waals surface area contributed by atoms with Crippen LogP contribution >= 0.6 is 34.5 Å². The van der Waals surface area contributed by atoms with Gasteiger partial charge in [-0.1, -0.05) is 54.4 Å². The van der Waals surface area contributed by atoms with Crippen LogP contribution < -0.4 is 10.6 Å². The van der Waals surface area contributed by atoms with Crippen LogP contribution in [0.4, 0.5) is 10.5 Å². The van der Waals surface area contributed by atoms with Crippen molar-refractivity contribution < 1.29 is 4.79 Å². The molecule has 0 spiro atoms. The maximum absolute atomic E-state index is 12.5. The molecule has 0 atom stereocenters.